The Hall–Kier alpha value is -2.54. The number of ether oxygens (including phenoxy) is 2. The van der Waals surface area contributed by atoms with E-state index in [4.69, 9.17) is 33.3 Å². The average Bonchev–Trinajstić information content (AvgIpc) is 3.00. The molecular formula is C24H20ClNO3S2. The van der Waals surface area contributed by atoms with Gasteiger partial charge in [-0.25, -0.2) is 0 Å². The lowest BCUT2D eigenvalue weighted by molar-refractivity contribution is -0.121. The number of nitrogens with zero attached hydrogens (tertiary/aromatic N) is 1. The van der Waals surface area contributed by atoms with Crippen LogP contribution in [-0.4, -0.2) is 28.8 Å². The van der Waals surface area contributed by atoms with E-state index in [1.54, 1.807) is 19.2 Å². The van der Waals surface area contributed by atoms with Crippen LogP contribution in [0.2, 0.25) is 5.02 Å². The second kappa shape index (κ2) is 9.30. The summed E-state index contributed by atoms with van der Waals surface area (Å²) in [5.41, 5.74) is 1.81. The van der Waals surface area contributed by atoms with Gasteiger partial charge in [-0.1, -0.05) is 78.0 Å². The number of carbonyl (C=O) groups is 1. The Balaban J connectivity index is 1.64. The third kappa shape index (κ3) is 4.56. The first-order valence-corrected chi connectivity index (χ1v) is 11.4. The van der Waals surface area contributed by atoms with E-state index in [0.29, 0.717) is 39.0 Å². The first-order chi connectivity index (χ1) is 15.0. The minimum Gasteiger partial charge on any atom is -0.490 e. The predicted molar refractivity (Wildman–Crippen MR) is 132 cm³/mol. The van der Waals surface area contributed by atoms with Gasteiger partial charge < -0.3 is 9.47 Å². The highest BCUT2D eigenvalue weighted by Gasteiger charge is 2.28. The Morgan fingerprint density at radius 1 is 1.13 bits per heavy atom. The smallest absolute Gasteiger partial charge is 0.265 e. The number of halogens is 1. The van der Waals surface area contributed by atoms with Gasteiger partial charge >= 0.3 is 0 Å². The molecule has 0 N–H and O–H groups in total. The number of fused-ring (bicyclic) bond motifs is 1. The molecule has 4 nitrogen and oxygen atoms in total. The van der Waals surface area contributed by atoms with Crippen LogP contribution in [0.3, 0.4) is 0 Å². The topological polar surface area (TPSA) is 38.8 Å². The van der Waals surface area contributed by atoms with Gasteiger partial charge in [0.2, 0.25) is 0 Å². The lowest BCUT2D eigenvalue weighted by Gasteiger charge is -2.15. The molecule has 158 valence electrons. The molecule has 1 aliphatic rings. The molecule has 0 aromatic heterocycles. The van der Waals surface area contributed by atoms with Crippen molar-refractivity contribution in [1.29, 1.82) is 0 Å². The van der Waals surface area contributed by atoms with Crippen LogP contribution in [0.5, 0.6) is 11.5 Å². The van der Waals surface area contributed by atoms with Gasteiger partial charge in [0, 0.05) is 7.05 Å². The minimum absolute atomic E-state index is 0.125. The number of thiocarbonyl (C=S) groups is 1. The normalized spacial score (nSPS) is 15.2. The van der Waals surface area contributed by atoms with Crippen molar-refractivity contribution in [2.24, 2.45) is 0 Å². The molecule has 3 aromatic carbocycles. The molecule has 0 radical (unpaired) electrons. The van der Waals surface area contributed by atoms with Gasteiger partial charge in [-0.05, 0) is 47.0 Å². The molecular weight excluding hydrogens is 450 g/mol. The lowest BCUT2D eigenvalue weighted by Crippen LogP contribution is -2.22. The summed E-state index contributed by atoms with van der Waals surface area (Å²) in [7, 11) is 1.67. The first-order valence-electron chi connectivity index (χ1n) is 9.75. The number of benzene rings is 3. The number of carbonyl (C=O) groups excluding carboxylic acids is 1. The lowest BCUT2D eigenvalue weighted by atomic mass is 10.1. The molecule has 0 saturated carbocycles. The highest BCUT2D eigenvalue weighted by atomic mass is 35.5. The van der Waals surface area contributed by atoms with E-state index in [0.717, 1.165) is 21.9 Å². The molecule has 0 unspecified atom stereocenters. The zero-order valence-electron chi connectivity index (χ0n) is 17.1. The molecule has 31 heavy (non-hydrogen) atoms. The van der Waals surface area contributed by atoms with Gasteiger partial charge in [-0.3, -0.25) is 9.69 Å². The summed E-state index contributed by atoms with van der Waals surface area (Å²) in [6, 6.07) is 17.9. The SMILES string of the molecule is CCOc1cc(/C=C2/SC(=S)N(C)C2=O)cc(Cl)c1OCc1cccc2ccccc12. The van der Waals surface area contributed by atoms with Crippen molar-refractivity contribution in [3.8, 4) is 11.5 Å². The maximum Gasteiger partial charge on any atom is 0.265 e. The van der Waals surface area contributed by atoms with Crippen LogP contribution in [-0.2, 0) is 11.4 Å². The predicted octanol–water partition coefficient (Wildman–Crippen LogP) is 6.30. The van der Waals surface area contributed by atoms with Gasteiger partial charge in [0.05, 0.1) is 16.5 Å². The van der Waals surface area contributed by atoms with Crippen LogP contribution in [0, 0.1) is 0 Å². The number of thioether (sulfide) groups is 1. The van der Waals surface area contributed by atoms with Gasteiger partial charge in [-0.15, -0.1) is 0 Å². The van der Waals surface area contributed by atoms with Crippen molar-refractivity contribution in [3.05, 3.63) is 75.7 Å². The van der Waals surface area contributed by atoms with Crippen molar-refractivity contribution in [1.82, 2.24) is 4.90 Å². The standard InChI is InChI=1S/C24H20ClNO3S2/c1-3-28-20-12-15(13-21-23(27)26(2)24(30)31-21)11-19(25)22(20)29-14-17-9-6-8-16-7-4-5-10-18(16)17/h4-13H,3,14H2,1-2H3/b21-13+. The van der Waals surface area contributed by atoms with Gasteiger partial charge in [-0.2, -0.15) is 0 Å². The van der Waals surface area contributed by atoms with Crippen molar-refractivity contribution in [2.45, 2.75) is 13.5 Å². The minimum atomic E-state index is -0.125. The molecule has 1 fully saturated rings. The molecule has 0 atom stereocenters. The second-order valence-electron chi connectivity index (χ2n) is 6.93. The van der Waals surface area contributed by atoms with Crippen molar-refractivity contribution < 1.29 is 14.3 Å². The summed E-state index contributed by atoms with van der Waals surface area (Å²) in [4.78, 5) is 14.3. The van der Waals surface area contributed by atoms with Gasteiger partial charge in [0.1, 0.15) is 10.9 Å². The Morgan fingerprint density at radius 2 is 1.90 bits per heavy atom. The van der Waals surface area contributed by atoms with Crippen molar-refractivity contribution in [2.75, 3.05) is 13.7 Å². The van der Waals surface area contributed by atoms with E-state index in [1.807, 2.05) is 37.3 Å². The van der Waals surface area contributed by atoms with Gasteiger partial charge in [0.15, 0.2) is 11.5 Å². The fourth-order valence-electron chi connectivity index (χ4n) is 3.34. The molecule has 1 heterocycles. The maximum absolute atomic E-state index is 12.3. The molecule has 1 amide bonds. The van der Waals surface area contributed by atoms with Crippen molar-refractivity contribution >= 4 is 62.7 Å². The number of hydrogen-bond acceptors (Lipinski definition) is 5. The fourth-order valence-corrected chi connectivity index (χ4v) is 4.79. The fraction of sp³-hybridized carbons (Fsp3) is 0.167. The zero-order valence-corrected chi connectivity index (χ0v) is 19.4. The molecule has 3 aromatic rings. The second-order valence-corrected chi connectivity index (χ2v) is 9.01. The largest absolute Gasteiger partial charge is 0.490 e. The summed E-state index contributed by atoms with van der Waals surface area (Å²) in [5, 5.41) is 2.71. The molecule has 1 aliphatic heterocycles. The van der Waals surface area contributed by atoms with Crippen molar-refractivity contribution in [3.63, 3.8) is 0 Å². The monoisotopic (exact) mass is 469 g/mol. The highest BCUT2D eigenvalue weighted by Crippen LogP contribution is 2.39. The van der Waals surface area contributed by atoms with E-state index in [2.05, 4.69) is 18.2 Å². The van der Waals surface area contributed by atoms with E-state index in [1.165, 1.54) is 16.7 Å². The maximum atomic E-state index is 12.3. The van der Waals surface area contributed by atoms with Crippen LogP contribution in [0.1, 0.15) is 18.1 Å². The quantitative estimate of drug-likeness (QED) is 0.313. The Bertz CT molecular complexity index is 1200. The molecule has 7 heteroatoms. The summed E-state index contributed by atoms with van der Waals surface area (Å²) in [6.45, 7) is 2.72. The Morgan fingerprint density at radius 3 is 2.65 bits per heavy atom. The summed E-state index contributed by atoms with van der Waals surface area (Å²) in [5.74, 6) is 0.894. The molecule has 0 aliphatic carbocycles. The average molecular weight is 470 g/mol. The number of amides is 1. The third-order valence-electron chi connectivity index (χ3n) is 4.87. The van der Waals surface area contributed by atoms with Crippen LogP contribution >= 0.6 is 35.6 Å². The van der Waals surface area contributed by atoms with E-state index in [9.17, 15) is 4.79 Å². The molecule has 4 rings (SSSR count). The molecule has 0 spiro atoms. The third-order valence-corrected chi connectivity index (χ3v) is 6.63. The number of rotatable bonds is 6. The van der Waals surface area contributed by atoms with Crippen LogP contribution < -0.4 is 9.47 Å². The summed E-state index contributed by atoms with van der Waals surface area (Å²) < 4.78 is 12.4. The summed E-state index contributed by atoms with van der Waals surface area (Å²) >= 11 is 13.0. The number of hydrogen-bond donors (Lipinski definition) is 0. The number of likely N-dealkylation sites (N-methyl/N-ethyl adjacent to an activating group) is 1. The summed E-state index contributed by atoms with van der Waals surface area (Å²) in [6.07, 6.45) is 1.77. The van der Waals surface area contributed by atoms with E-state index >= 15 is 0 Å². The highest BCUT2D eigenvalue weighted by molar-refractivity contribution is 8.26. The zero-order chi connectivity index (χ0) is 22.0. The van der Waals surface area contributed by atoms with Crippen LogP contribution in [0.4, 0.5) is 0 Å². The Kier molecular flexibility index (Phi) is 6.51. The van der Waals surface area contributed by atoms with Crippen LogP contribution in [0.25, 0.3) is 16.8 Å². The van der Waals surface area contributed by atoms with Gasteiger partial charge in [0.25, 0.3) is 5.91 Å². The Labute approximate surface area is 195 Å². The molecule has 0 bridgehead atoms. The molecule has 1 saturated heterocycles. The first kappa shape index (κ1) is 21.7. The van der Waals surface area contributed by atoms with E-state index in [-0.39, 0.29) is 5.91 Å². The van der Waals surface area contributed by atoms with E-state index < -0.39 is 0 Å². The van der Waals surface area contributed by atoms with Crippen LogP contribution in [0.15, 0.2) is 59.5 Å².